The number of ether oxygens (including phenoxy) is 2. The third-order valence-corrected chi connectivity index (χ3v) is 5.37. The lowest BCUT2D eigenvalue weighted by Gasteiger charge is -2.12. The molecule has 0 aliphatic carbocycles. The summed E-state index contributed by atoms with van der Waals surface area (Å²) in [6.07, 6.45) is 6.00. The second-order valence-corrected chi connectivity index (χ2v) is 7.71. The smallest absolute Gasteiger partial charge is 0.248 e. The fraction of sp³-hybridized carbons (Fsp3) is 0.167. The van der Waals surface area contributed by atoms with Crippen molar-refractivity contribution in [2.75, 3.05) is 12.4 Å². The number of hydrogen-bond donors (Lipinski definition) is 1. The summed E-state index contributed by atoms with van der Waals surface area (Å²) < 4.78 is 18.0. The summed E-state index contributed by atoms with van der Waals surface area (Å²) in [6, 6.07) is 10.6. The van der Waals surface area contributed by atoms with Crippen LogP contribution in [0.25, 0.3) is 11.8 Å². The van der Waals surface area contributed by atoms with Crippen molar-refractivity contribution in [3.8, 4) is 17.2 Å². The first-order valence-corrected chi connectivity index (χ1v) is 10.7. The number of methoxy groups -OCH3 is 1. The number of halogens is 1. The molecule has 0 aliphatic heterocycles. The Morgan fingerprint density at radius 1 is 1.24 bits per heavy atom. The highest BCUT2D eigenvalue weighted by Gasteiger charge is 2.13. The van der Waals surface area contributed by atoms with E-state index in [1.807, 2.05) is 19.9 Å². The number of hydrogen-bond acceptors (Lipinski definition) is 7. The van der Waals surface area contributed by atoms with Crippen molar-refractivity contribution in [1.29, 1.82) is 0 Å². The molecule has 2 aromatic carbocycles. The molecule has 0 spiro atoms. The van der Waals surface area contributed by atoms with E-state index in [2.05, 4.69) is 20.6 Å². The van der Waals surface area contributed by atoms with E-state index in [1.54, 1.807) is 43.5 Å². The quantitative estimate of drug-likeness (QED) is 0.363. The van der Waals surface area contributed by atoms with E-state index in [-0.39, 0.29) is 5.91 Å². The molecule has 4 rings (SSSR count). The van der Waals surface area contributed by atoms with Gasteiger partial charge in [-0.1, -0.05) is 28.9 Å². The van der Waals surface area contributed by atoms with Gasteiger partial charge in [0, 0.05) is 6.08 Å². The Hall–Kier alpha value is -4.11. The maximum Gasteiger partial charge on any atom is 0.248 e. The normalized spacial score (nSPS) is 11.1. The Balaban J connectivity index is 1.46. The number of aryl methyl sites for hydroxylation is 2. The highest BCUT2D eigenvalue weighted by atomic mass is 35.5. The summed E-state index contributed by atoms with van der Waals surface area (Å²) in [5.41, 5.74) is 3.49. The second kappa shape index (κ2) is 10.2. The van der Waals surface area contributed by atoms with Crippen LogP contribution in [-0.4, -0.2) is 32.9 Å². The lowest BCUT2D eigenvalue weighted by Crippen LogP contribution is -2.11. The summed E-state index contributed by atoms with van der Waals surface area (Å²) in [6.45, 7) is 4.01. The van der Waals surface area contributed by atoms with Gasteiger partial charge in [0.2, 0.25) is 5.91 Å². The van der Waals surface area contributed by atoms with Crippen LogP contribution in [0.2, 0.25) is 5.02 Å². The first-order valence-electron chi connectivity index (χ1n) is 10.3. The molecule has 34 heavy (non-hydrogen) atoms. The van der Waals surface area contributed by atoms with Gasteiger partial charge in [0.05, 0.1) is 29.1 Å². The van der Waals surface area contributed by atoms with Gasteiger partial charge >= 0.3 is 0 Å². The first kappa shape index (κ1) is 23.1. The summed E-state index contributed by atoms with van der Waals surface area (Å²) >= 11 is 6.31. The van der Waals surface area contributed by atoms with Crippen LogP contribution in [0.1, 0.15) is 22.6 Å². The second-order valence-electron chi connectivity index (χ2n) is 7.30. The predicted octanol–water partition coefficient (Wildman–Crippen LogP) is 4.77. The zero-order valence-corrected chi connectivity index (χ0v) is 19.5. The van der Waals surface area contributed by atoms with Gasteiger partial charge in [0.15, 0.2) is 11.5 Å². The molecular weight excluding hydrogens is 458 g/mol. The van der Waals surface area contributed by atoms with Crippen LogP contribution in [-0.2, 0) is 11.4 Å². The topological polar surface area (TPSA) is 104 Å². The number of nitrogens with zero attached hydrogens (tertiary/aromatic N) is 4. The Kier molecular flexibility index (Phi) is 6.93. The van der Waals surface area contributed by atoms with Crippen LogP contribution in [0, 0.1) is 13.8 Å². The van der Waals surface area contributed by atoms with Gasteiger partial charge in [-0.3, -0.25) is 4.79 Å². The minimum absolute atomic E-state index is 0.308. The van der Waals surface area contributed by atoms with Gasteiger partial charge in [-0.15, -0.1) is 0 Å². The molecule has 0 aliphatic rings. The molecule has 1 N–H and O–H groups in total. The summed E-state index contributed by atoms with van der Waals surface area (Å²) in [5, 5.41) is 11.3. The lowest BCUT2D eigenvalue weighted by molar-refractivity contribution is -0.111. The molecule has 0 fully saturated rings. The molecule has 1 amide bonds. The molecule has 2 heterocycles. The third-order valence-electron chi connectivity index (χ3n) is 5.06. The van der Waals surface area contributed by atoms with Crippen LogP contribution in [0.3, 0.4) is 0 Å². The van der Waals surface area contributed by atoms with Crippen LogP contribution in [0.5, 0.6) is 11.5 Å². The van der Waals surface area contributed by atoms with Crippen molar-refractivity contribution < 1.29 is 18.8 Å². The van der Waals surface area contributed by atoms with Crippen LogP contribution in [0.4, 0.5) is 5.69 Å². The van der Waals surface area contributed by atoms with Crippen molar-refractivity contribution in [2.45, 2.75) is 20.5 Å². The maximum atomic E-state index is 12.6. The summed E-state index contributed by atoms with van der Waals surface area (Å²) in [4.78, 5) is 16.5. The monoisotopic (exact) mass is 479 g/mol. The van der Waals surface area contributed by atoms with Gasteiger partial charge in [0.25, 0.3) is 0 Å². The SMILES string of the molecule is COc1cc(/C=C/C(=O)Nc2cccc(Cl)c2-n2cncn2)ccc1OCc1c(C)noc1C. The van der Waals surface area contributed by atoms with Crippen LogP contribution < -0.4 is 14.8 Å². The van der Waals surface area contributed by atoms with E-state index in [1.165, 1.54) is 23.4 Å². The fourth-order valence-corrected chi connectivity index (χ4v) is 3.55. The van der Waals surface area contributed by atoms with Crippen molar-refractivity contribution in [3.63, 3.8) is 0 Å². The Labute approximate surface area is 201 Å². The number of aromatic nitrogens is 4. The Bertz CT molecular complexity index is 1310. The number of rotatable bonds is 8. The molecule has 4 aromatic rings. The fourth-order valence-electron chi connectivity index (χ4n) is 3.28. The molecule has 0 atom stereocenters. The molecule has 0 unspecified atom stereocenters. The van der Waals surface area contributed by atoms with E-state index in [9.17, 15) is 4.79 Å². The molecule has 10 heteroatoms. The average Bonchev–Trinajstić information content (AvgIpc) is 3.47. The van der Waals surface area contributed by atoms with E-state index in [4.69, 9.17) is 25.6 Å². The molecule has 0 bridgehead atoms. The Morgan fingerprint density at radius 2 is 2.09 bits per heavy atom. The zero-order valence-electron chi connectivity index (χ0n) is 18.8. The molecule has 0 saturated heterocycles. The zero-order chi connectivity index (χ0) is 24.1. The lowest BCUT2D eigenvalue weighted by atomic mass is 10.1. The number of benzene rings is 2. The molecular formula is C24H22ClN5O4. The molecule has 9 nitrogen and oxygen atoms in total. The number of para-hydroxylation sites is 1. The van der Waals surface area contributed by atoms with Crippen molar-refractivity contribution in [2.24, 2.45) is 0 Å². The van der Waals surface area contributed by atoms with E-state index < -0.39 is 0 Å². The number of carbonyl (C=O) groups is 1. The number of anilines is 1. The van der Waals surface area contributed by atoms with Crippen molar-refractivity contribution in [1.82, 2.24) is 19.9 Å². The molecule has 2 aromatic heterocycles. The minimum Gasteiger partial charge on any atom is -0.493 e. The van der Waals surface area contributed by atoms with Gasteiger partial charge in [-0.25, -0.2) is 9.67 Å². The number of nitrogens with one attached hydrogen (secondary N) is 1. The number of amides is 1. The van der Waals surface area contributed by atoms with Gasteiger partial charge in [-0.2, -0.15) is 5.10 Å². The van der Waals surface area contributed by atoms with Gasteiger partial charge in [0.1, 0.15) is 30.7 Å². The molecule has 0 saturated carbocycles. The van der Waals surface area contributed by atoms with E-state index in [0.29, 0.717) is 40.3 Å². The maximum absolute atomic E-state index is 12.6. The first-order chi connectivity index (χ1) is 16.5. The average molecular weight is 480 g/mol. The van der Waals surface area contributed by atoms with Gasteiger partial charge < -0.3 is 19.3 Å². The Morgan fingerprint density at radius 3 is 2.79 bits per heavy atom. The summed E-state index contributed by atoms with van der Waals surface area (Å²) in [5.74, 6) is 1.49. The van der Waals surface area contributed by atoms with Gasteiger partial charge in [-0.05, 0) is 49.8 Å². The largest absolute Gasteiger partial charge is 0.493 e. The third kappa shape index (κ3) is 5.10. The van der Waals surface area contributed by atoms with Crippen molar-refractivity contribution in [3.05, 3.63) is 82.7 Å². The van der Waals surface area contributed by atoms with Crippen LogP contribution in [0.15, 0.2) is 59.7 Å². The minimum atomic E-state index is -0.332. The highest BCUT2D eigenvalue weighted by Crippen LogP contribution is 2.30. The summed E-state index contributed by atoms with van der Waals surface area (Å²) in [7, 11) is 1.56. The standard InChI is InChI=1S/C24H22ClN5O4/c1-15-18(16(2)34-29-15)12-33-21-9-7-17(11-22(21)32-3)8-10-23(31)28-20-6-4-5-19(25)24(20)30-14-26-13-27-30/h4-11,13-14H,12H2,1-3H3,(H,28,31)/b10-8+. The molecule has 0 radical (unpaired) electrons. The van der Waals surface area contributed by atoms with Crippen LogP contribution >= 0.6 is 11.6 Å². The number of carbonyl (C=O) groups excluding carboxylic acids is 1. The van der Waals surface area contributed by atoms with E-state index in [0.717, 1.165) is 16.8 Å². The van der Waals surface area contributed by atoms with Crippen molar-refractivity contribution >= 4 is 29.3 Å². The van der Waals surface area contributed by atoms with E-state index >= 15 is 0 Å². The predicted molar refractivity (Wildman–Crippen MR) is 127 cm³/mol. The highest BCUT2D eigenvalue weighted by molar-refractivity contribution is 6.33. The molecule has 174 valence electrons.